The van der Waals surface area contributed by atoms with E-state index in [0.29, 0.717) is 19.8 Å². The number of rotatable bonds is 9. The zero-order valence-corrected chi connectivity index (χ0v) is 24.1. The Kier molecular flexibility index (Phi) is 78.2. The molecule has 16 heteroatoms. The normalized spacial score (nSPS) is 9.49. The molecule has 0 saturated carbocycles. The second kappa shape index (κ2) is 56.7. The Balaban J connectivity index is -0.0000000625. The van der Waals surface area contributed by atoms with Gasteiger partial charge >= 0.3 is 0 Å². The number of hydrogen-bond donors (Lipinski definition) is 15. The first-order chi connectivity index (χ1) is 18.6. The van der Waals surface area contributed by atoms with Gasteiger partial charge in [0, 0.05) is 53.1 Å². The largest absolute Gasteiger partial charge is 0.400 e. The molecule has 242 valence electrons. The number of aliphatic hydroxyl groups excluding tert-OH is 9. The van der Waals surface area contributed by atoms with Gasteiger partial charge in [-0.15, -0.1) is 0 Å². The van der Waals surface area contributed by atoms with E-state index >= 15 is 0 Å². The van der Waals surface area contributed by atoms with Crippen LogP contribution in [0, 0.1) is 5.92 Å². The van der Waals surface area contributed by atoms with Crippen molar-refractivity contribution in [3.05, 3.63) is 35.9 Å². The highest BCUT2D eigenvalue weighted by atomic mass is 16.3. The lowest BCUT2D eigenvalue weighted by Gasteiger charge is -2.03. The highest BCUT2D eigenvalue weighted by Crippen LogP contribution is 1.94. The van der Waals surface area contributed by atoms with E-state index in [1.165, 1.54) is 5.56 Å². The molecular weight excluding hydrogens is 518 g/mol. The van der Waals surface area contributed by atoms with Gasteiger partial charge in [-0.25, -0.2) is 0 Å². The first-order valence-corrected chi connectivity index (χ1v) is 11.8. The number of nitrogens with two attached hydrogens (primary N) is 6. The maximum atomic E-state index is 8.29. The van der Waals surface area contributed by atoms with Crippen LogP contribution in [-0.2, 0) is 6.54 Å². The molecule has 39 heavy (non-hydrogen) atoms. The molecule has 0 amide bonds. The zero-order valence-electron chi connectivity index (χ0n) is 24.1. The third kappa shape index (κ3) is 72.4. The summed E-state index contributed by atoms with van der Waals surface area (Å²) in [5.74, 6) is -0.125. The van der Waals surface area contributed by atoms with Crippen LogP contribution in [0.25, 0.3) is 0 Å². The van der Waals surface area contributed by atoms with Gasteiger partial charge in [-0.3, -0.25) is 4.90 Å². The van der Waals surface area contributed by atoms with Gasteiger partial charge < -0.3 is 80.4 Å². The van der Waals surface area contributed by atoms with Crippen LogP contribution in [0.2, 0.25) is 0 Å². The van der Waals surface area contributed by atoms with Crippen LogP contribution in [0.1, 0.15) is 5.56 Å². The molecule has 1 rings (SSSR count). The molecule has 0 aliphatic heterocycles. The van der Waals surface area contributed by atoms with E-state index < -0.39 is 12.1 Å². The van der Waals surface area contributed by atoms with Crippen LogP contribution in [0.5, 0.6) is 0 Å². The minimum absolute atomic E-state index is 0.0208. The van der Waals surface area contributed by atoms with Crippen molar-refractivity contribution in [3.8, 4) is 0 Å². The van der Waals surface area contributed by atoms with Crippen molar-refractivity contribution >= 4 is 0 Å². The van der Waals surface area contributed by atoms with Crippen LogP contribution in [-0.4, -0.2) is 151 Å². The van der Waals surface area contributed by atoms with Crippen LogP contribution < -0.4 is 34.4 Å². The SMILES string of the molecule is CN(C)CN.CO.CO.NC(CO)CO.NCC(CO)CO.NCC(O)CO.NCO.NCc1ccccc1. The highest BCUT2D eigenvalue weighted by Gasteiger charge is 1.99. The molecule has 0 heterocycles. The summed E-state index contributed by atoms with van der Waals surface area (Å²) in [6.45, 7) is 0.952. The maximum Gasteiger partial charge on any atom is 0.0906 e. The van der Waals surface area contributed by atoms with E-state index in [2.05, 4.69) is 5.73 Å². The van der Waals surface area contributed by atoms with Gasteiger partial charge in [-0.2, -0.15) is 0 Å². The maximum absolute atomic E-state index is 8.29. The molecule has 0 saturated heterocycles. The summed E-state index contributed by atoms with van der Waals surface area (Å²) in [5.41, 5.74) is 31.0. The van der Waals surface area contributed by atoms with Gasteiger partial charge in [-0.1, -0.05) is 30.3 Å². The third-order valence-electron chi connectivity index (χ3n) is 3.25. The minimum Gasteiger partial charge on any atom is -0.400 e. The molecule has 0 bridgehead atoms. The fourth-order valence-corrected chi connectivity index (χ4v) is 0.953. The van der Waals surface area contributed by atoms with Gasteiger partial charge in [0.15, 0.2) is 0 Å². The minimum atomic E-state index is -0.731. The van der Waals surface area contributed by atoms with Crippen LogP contribution in [0.15, 0.2) is 30.3 Å². The lowest BCUT2D eigenvalue weighted by atomic mass is 10.2. The number of aliphatic hydroxyl groups is 9. The summed E-state index contributed by atoms with van der Waals surface area (Å²) in [6, 6.07) is 9.54. The number of benzene rings is 1. The standard InChI is InChI=1S/C7H9N.C4H11NO2.C3H10N2.2C3H9NO2.CH5NO.2CH4O/c8-6-7-4-2-1-3-5-7;5-1-4(2-6)3-7;1-5(2)3-4;4-3(1-5)2-6;4-1-3(6)2-5;2-1-3;2*1-2/h1-5H,6,8H2;4,6-7H,1-3,5H2;3-4H2,1-2H3;2*3,5-6H,1-2,4H2;3H,1-2H2;2*2H,1H3. The third-order valence-corrected chi connectivity index (χ3v) is 3.25. The Morgan fingerprint density at radius 1 is 0.667 bits per heavy atom. The van der Waals surface area contributed by atoms with Crippen molar-refractivity contribution in [3.63, 3.8) is 0 Å². The fraction of sp³-hybridized carbons (Fsp3) is 0.739. The van der Waals surface area contributed by atoms with Crippen molar-refractivity contribution in [2.24, 2.45) is 40.3 Å². The first kappa shape index (κ1) is 53.8. The van der Waals surface area contributed by atoms with E-state index in [-0.39, 0.29) is 52.2 Å². The average molecular weight is 580 g/mol. The Hall–Kier alpha value is -1.42. The quantitative estimate of drug-likeness (QED) is 0.121. The van der Waals surface area contributed by atoms with Gasteiger partial charge in [-0.05, 0) is 26.2 Å². The summed E-state index contributed by atoms with van der Waals surface area (Å²) in [7, 11) is 5.86. The predicted molar refractivity (Wildman–Crippen MR) is 156 cm³/mol. The van der Waals surface area contributed by atoms with Gasteiger partial charge in [0.2, 0.25) is 0 Å². The van der Waals surface area contributed by atoms with Gasteiger partial charge in [0.1, 0.15) is 0 Å². The topological polar surface area (TPSA) is 341 Å². The van der Waals surface area contributed by atoms with Crippen molar-refractivity contribution < 1.29 is 46.0 Å². The predicted octanol–water partition coefficient (Wildman–Crippen LogP) is -6.14. The first-order valence-electron chi connectivity index (χ1n) is 11.8. The number of hydrogen-bond acceptors (Lipinski definition) is 16. The van der Waals surface area contributed by atoms with Gasteiger partial charge in [0.05, 0.1) is 38.7 Å². The van der Waals surface area contributed by atoms with Crippen molar-refractivity contribution in [2.75, 3.05) is 87.8 Å². The molecule has 21 N–H and O–H groups in total. The van der Waals surface area contributed by atoms with E-state index in [1.807, 2.05) is 49.3 Å². The second-order valence-electron chi connectivity index (χ2n) is 6.80. The Bertz CT molecular complexity index is 432. The molecule has 1 atom stereocenters. The molecule has 0 radical (unpaired) electrons. The Morgan fingerprint density at radius 3 is 1.10 bits per heavy atom. The van der Waals surface area contributed by atoms with E-state index in [9.17, 15) is 0 Å². The van der Waals surface area contributed by atoms with Crippen LogP contribution in [0.4, 0.5) is 0 Å². The average Bonchev–Trinajstić information content (AvgIpc) is 3.01. The molecule has 0 aliphatic rings. The van der Waals surface area contributed by atoms with Crippen molar-refractivity contribution in [1.29, 1.82) is 0 Å². The summed E-state index contributed by atoms with van der Waals surface area (Å²) in [5, 5.41) is 70.3. The van der Waals surface area contributed by atoms with Crippen LogP contribution >= 0.6 is 0 Å². The lowest BCUT2D eigenvalue weighted by molar-refractivity contribution is 0.102. The van der Waals surface area contributed by atoms with E-state index in [0.717, 1.165) is 14.2 Å². The molecular formula is C23H61N7O9. The van der Waals surface area contributed by atoms with Crippen molar-refractivity contribution in [1.82, 2.24) is 4.90 Å². The molecule has 0 fully saturated rings. The Labute approximate surface area is 234 Å². The van der Waals surface area contributed by atoms with E-state index in [4.69, 9.17) is 74.6 Å². The highest BCUT2D eigenvalue weighted by molar-refractivity contribution is 5.13. The smallest absolute Gasteiger partial charge is 0.0906 e. The molecule has 0 aliphatic carbocycles. The number of nitrogens with zero attached hydrogens (tertiary/aromatic N) is 1. The summed E-state index contributed by atoms with van der Waals surface area (Å²) < 4.78 is 0. The summed E-state index contributed by atoms with van der Waals surface area (Å²) in [4.78, 5) is 1.90. The monoisotopic (exact) mass is 579 g/mol. The molecule has 0 spiro atoms. The zero-order chi connectivity index (χ0) is 32.5. The Morgan fingerprint density at radius 2 is 1.03 bits per heavy atom. The molecule has 1 aromatic rings. The molecule has 1 aromatic carbocycles. The van der Waals surface area contributed by atoms with Crippen molar-refractivity contribution in [2.45, 2.75) is 18.7 Å². The van der Waals surface area contributed by atoms with Gasteiger partial charge in [0.25, 0.3) is 0 Å². The summed E-state index contributed by atoms with van der Waals surface area (Å²) >= 11 is 0. The molecule has 1 unspecified atom stereocenters. The fourth-order valence-electron chi connectivity index (χ4n) is 0.953. The summed E-state index contributed by atoms with van der Waals surface area (Å²) in [6.07, 6.45) is -0.731. The second-order valence-corrected chi connectivity index (χ2v) is 6.80. The van der Waals surface area contributed by atoms with Crippen LogP contribution in [0.3, 0.4) is 0 Å². The lowest BCUT2D eigenvalue weighted by Crippen LogP contribution is -2.27. The van der Waals surface area contributed by atoms with E-state index in [1.54, 1.807) is 0 Å². The molecule has 0 aromatic heterocycles. The molecule has 16 nitrogen and oxygen atoms in total.